The average molecular weight is 364 g/mol. The number of rotatable bonds is 5. The molecule has 1 atom stereocenters. The maximum absolute atomic E-state index is 2.74. The van der Waals surface area contributed by atoms with Crippen molar-refractivity contribution in [1.82, 2.24) is 0 Å². The van der Waals surface area contributed by atoms with Crippen LogP contribution in [-0.4, -0.2) is 43.8 Å². The van der Waals surface area contributed by atoms with Crippen molar-refractivity contribution in [3.8, 4) is 0 Å². The molecule has 0 radical (unpaired) electrons. The van der Waals surface area contributed by atoms with Crippen LogP contribution in [0.2, 0.25) is 0 Å². The van der Waals surface area contributed by atoms with Crippen LogP contribution in [0, 0.1) is 6.92 Å². The summed E-state index contributed by atoms with van der Waals surface area (Å²) in [6.45, 7) is 4.78. The van der Waals surface area contributed by atoms with Crippen LogP contribution in [0.3, 0.4) is 0 Å². The molecule has 0 unspecified atom stereocenters. The van der Waals surface area contributed by atoms with E-state index in [2.05, 4.69) is 74.4 Å². The quantitative estimate of drug-likeness (QED) is 0.677. The molecule has 2 aliphatic rings. The summed E-state index contributed by atoms with van der Waals surface area (Å²) in [6, 6.07) is 19.4. The fraction of sp³-hybridized carbons (Fsp3) is 0.520. The molecular formula is C25H35N2+. The van der Waals surface area contributed by atoms with Gasteiger partial charge in [0, 0.05) is 24.7 Å². The molecular weight excluding hydrogens is 328 g/mol. The number of anilines is 1. The Bertz CT molecular complexity index is 754. The van der Waals surface area contributed by atoms with Crippen LogP contribution in [0.5, 0.6) is 0 Å². The predicted octanol–water partition coefficient (Wildman–Crippen LogP) is 4.99. The molecule has 0 amide bonds. The Hall–Kier alpha value is -1.80. The summed E-state index contributed by atoms with van der Waals surface area (Å²) in [5.41, 5.74) is 5.95. The van der Waals surface area contributed by atoms with Gasteiger partial charge in [-0.05, 0) is 61.8 Å². The Morgan fingerprint density at radius 2 is 1.59 bits per heavy atom. The van der Waals surface area contributed by atoms with Gasteiger partial charge < -0.3 is 9.38 Å². The molecule has 2 nitrogen and oxygen atoms in total. The normalized spacial score (nSPS) is 21.8. The number of benzene rings is 2. The van der Waals surface area contributed by atoms with Gasteiger partial charge >= 0.3 is 0 Å². The summed E-state index contributed by atoms with van der Waals surface area (Å²) in [5, 5.41) is 0. The molecule has 27 heavy (non-hydrogen) atoms. The topological polar surface area (TPSA) is 3.24 Å². The van der Waals surface area contributed by atoms with Crippen LogP contribution in [-0.2, 0) is 12.8 Å². The maximum atomic E-state index is 2.74. The highest BCUT2D eigenvalue weighted by atomic mass is 15.3. The van der Waals surface area contributed by atoms with Gasteiger partial charge in [-0.1, -0.05) is 42.5 Å². The van der Waals surface area contributed by atoms with E-state index in [9.17, 15) is 0 Å². The number of likely N-dealkylation sites (tertiary alicyclic amines) is 1. The highest BCUT2D eigenvalue weighted by Crippen LogP contribution is 2.32. The van der Waals surface area contributed by atoms with Gasteiger partial charge in [0.1, 0.15) is 0 Å². The average Bonchev–Trinajstić information content (AvgIpc) is 3.08. The largest absolute Gasteiger partial charge is 0.367 e. The summed E-state index contributed by atoms with van der Waals surface area (Å²) in [6.07, 6.45) is 7.86. The first-order valence-electron chi connectivity index (χ1n) is 10.8. The monoisotopic (exact) mass is 363 g/mol. The molecule has 4 rings (SSSR count). The van der Waals surface area contributed by atoms with Crippen molar-refractivity contribution >= 4 is 5.69 Å². The van der Waals surface area contributed by atoms with Crippen LogP contribution in [0.15, 0.2) is 48.5 Å². The van der Waals surface area contributed by atoms with Crippen LogP contribution in [0.1, 0.15) is 42.4 Å². The minimum Gasteiger partial charge on any atom is -0.367 e. The number of hydrogen-bond donors (Lipinski definition) is 0. The molecule has 0 bridgehead atoms. The summed E-state index contributed by atoms with van der Waals surface area (Å²) in [7, 11) is 4.88. The first kappa shape index (κ1) is 18.6. The minimum atomic E-state index is 0.600. The molecule has 2 heteroatoms. The van der Waals surface area contributed by atoms with Crippen molar-refractivity contribution in [3.05, 3.63) is 65.2 Å². The maximum Gasteiger partial charge on any atom is 0.0903 e. The molecule has 0 N–H and O–H groups in total. The molecule has 1 aliphatic carbocycles. The van der Waals surface area contributed by atoms with E-state index in [1.54, 1.807) is 11.1 Å². The predicted molar refractivity (Wildman–Crippen MR) is 115 cm³/mol. The van der Waals surface area contributed by atoms with Crippen molar-refractivity contribution < 1.29 is 4.48 Å². The smallest absolute Gasteiger partial charge is 0.0903 e. The van der Waals surface area contributed by atoms with Gasteiger partial charge in [-0.3, -0.25) is 0 Å². The van der Waals surface area contributed by atoms with Crippen LogP contribution >= 0.6 is 0 Å². The lowest BCUT2D eigenvalue weighted by Crippen LogP contribution is -2.53. The lowest BCUT2D eigenvalue weighted by atomic mass is 9.96. The fourth-order valence-corrected chi connectivity index (χ4v) is 5.35. The van der Waals surface area contributed by atoms with Crippen LogP contribution in [0.25, 0.3) is 0 Å². The van der Waals surface area contributed by atoms with Crippen molar-refractivity contribution in [2.45, 2.75) is 57.5 Å². The van der Waals surface area contributed by atoms with Crippen LogP contribution in [0.4, 0.5) is 5.69 Å². The molecule has 144 valence electrons. The summed E-state index contributed by atoms with van der Waals surface area (Å²) >= 11 is 0. The van der Waals surface area contributed by atoms with Crippen molar-refractivity contribution in [2.24, 2.45) is 0 Å². The van der Waals surface area contributed by atoms with E-state index < -0.39 is 0 Å². The van der Waals surface area contributed by atoms with Gasteiger partial charge in [0.15, 0.2) is 0 Å². The molecule has 1 heterocycles. The molecule has 1 saturated heterocycles. The number of aryl methyl sites for hydroxylation is 1. The van der Waals surface area contributed by atoms with Crippen LogP contribution < -0.4 is 4.90 Å². The van der Waals surface area contributed by atoms with E-state index in [1.165, 1.54) is 67.3 Å². The summed E-state index contributed by atoms with van der Waals surface area (Å²) < 4.78 is 1.20. The van der Waals surface area contributed by atoms with Gasteiger partial charge in [-0.15, -0.1) is 0 Å². The number of hydrogen-bond acceptors (Lipinski definition) is 1. The van der Waals surface area contributed by atoms with Crippen molar-refractivity contribution in [3.63, 3.8) is 0 Å². The highest BCUT2D eigenvalue weighted by Gasteiger charge is 2.33. The van der Waals surface area contributed by atoms with Gasteiger partial charge in [-0.2, -0.15) is 0 Å². The Labute approximate surface area is 165 Å². The molecule has 2 aromatic carbocycles. The summed E-state index contributed by atoms with van der Waals surface area (Å²) in [4.78, 5) is 2.74. The van der Waals surface area contributed by atoms with E-state index >= 15 is 0 Å². The van der Waals surface area contributed by atoms with Gasteiger partial charge in [0.2, 0.25) is 0 Å². The molecule has 0 spiro atoms. The zero-order valence-corrected chi connectivity index (χ0v) is 17.3. The van der Waals surface area contributed by atoms with E-state index in [1.807, 2.05) is 0 Å². The molecule has 0 saturated carbocycles. The number of para-hydroxylation sites is 1. The fourth-order valence-electron chi connectivity index (χ4n) is 5.35. The Kier molecular flexibility index (Phi) is 5.27. The Balaban J connectivity index is 1.55. The third kappa shape index (κ3) is 3.91. The van der Waals surface area contributed by atoms with E-state index in [0.29, 0.717) is 6.04 Å². The van der Waals surface area contributed by atoms with Gasteiger partial charge in [-0.25, -0.2) is 0 Å². The van der Waals surface area contributed by atoms with E-state index in [4.69, 9.17) is 0 Å². The standard InChI is InChI=1S/C25H35N2/c1-20-10-4-7-14-25(20)26(16-15-24-13-8-9-17-27(24,2)3)23-18-21-11-5-6-12-22(21)19-23/h4-7,10-12,14,23-24H,8-9,13,15-19H2,1-3H3/q+1/t24-/m0/s1. The Morgan fingerprint density at radius 3 is 2.26 bits per heavy atom. The molecule has 2 aromatic rings. The first-order chi connectivity index (χ1) is 13.0. The number of fused-ring (bicyclic) bond motifs is 1. The zero-order chi connectivity index (χ0) is 18.9. The third-order valence-electron chi connectivity index (χ3n) is 7.11. The number of nitrogens with zero attached hydrogens (tertiary/aromatic N) is 2. The molecule has 0 aromatic heterocycles. The van der Waals surface area contributed by atoms with Crippen molar-refractivity contribution in [2.75, 3.05) is 32.1 Å². The first-order valence-corrected chi connectivity index (χ1v) is 10.8. The Morgan fingerprint density at radius 1 is 0.926 bits per heavy atom. The molecule has 1 aliphatic heterocycles. The SMILES string of the molecule is Cc1ccccc1N(CC[C@@H]1CCCC[N+]1(C)C)C1Cc2ccccc2C1. The number of piperidine rings is 1. The second kappa shape index (κ2) is 7.67. The second-order valence-corrected chi connectivity index (χ2v) is 9.25. The third-order valence-corrected chi connectivity index (χ3v) is 7.11. The van der Waals surface area contributed by atoms with Crippen molar-refractivity contribution in [1.29, 1.82) is 0 Å². The minimum absolute atomic E-state index is 0.600. The van der Waals surface area contributed by atoms with E-state index in [0.717, 1.165) is 6.04 Å². The highest BCUT2D eigenvalue weighted by molar-refractivity contribution is 5.55. The number of quaternary nitrogens is 1. The lowest BCUT2D eigenvalue weighted by molar-refractivity contribution is -0.920. The second-order valence-electron chi connectivity index (χ2n) is 9.25. The van der Waals surface area contributed by atoms with E-state index in [-0.39, 0.29) is 0 Å². The zero-order valence-electron chi connectivity index (χ0n) is 17.3. The van der Waals surface area contributed by atoms with Gasteiger partial charge in [0.05, 0.1) is 26.7 Å². The lowest BCUT2D eigenvalue weighted by Gasteiger charge is -2.43. The van der Waals surface area contributed by atoms with Gasteiger partial charge in [0.25, 0.3) is 0 Å². The summed E-state index contributed by atoms with van der Waals surface area (Å²) in [5.74, 6) is 0. The molecule has 1 fully saturated rings.